The molecule has 0 bridgehead atoms. The van der Waals surface area contributed by atoms with Crippen molar-refractivity contribution in [1.82, 2.24) is 10.6 Å². The molecule has 132 valence electrons. The van der Waals surface area contributed by atoms with Crippen molar-refractivity contribution in [3.05, 3.63) is 0 Å². The van der Waals surface area contributed by atoms with Gasteiger partial charge in [-0.25, -0.2) is 0 Å². The van der Waals surface area contributed by atoms with E-state index in [4.69, 9.17) is 14.5 Å². The Balaban J connectivity index is 0.00000441. The molecular formula is C16H34IN3O2. The fraction of sp³-hybridized carbons (Fsp3) is 0.938. The molecule has 0 atom stereocenters. The summed E-state index contributed by atoms with van der Waals surface area (Å²) in [6.45, 7) is 8.14. The third-order valence-electron chi connectivity index (χ3n) is 3.85. The van der Waals surface area contributed by atoms with Gasteiger partial charge in [0.25, 0.3) is 0 Å². The van der Waals surface area contributed by atoms with E-state index in [-0.39, 0.29) is 29.6 Å². The molecule has 0 radical (unpaired) electrons. The van der Waals surface area contributed by atoms with E-state index in [1.165, 1.54) is 19.3 Å². The Bertz CT molecular complexity index is 295. The fourth-order valence-electron chi connectivity index (χ4n) is 2.70. The number of aliphatic imine (C=N–C) groups is 1. The van der Waals surface area contributed by atoms with Crippen LogP contribution in [0.1, 0.15) is 52.4 Å². The second-order valence-electron chi connectivity index (χ2n) is 5.71. The van der Waals surface area contributed by atoms with E-state index in [0.717, 1.165) is 51.5 Å². The Labute approximate surface area is 153 Å². The van der Waals surface area contributed by atoms with Gasteiger partial charge in [0.2, 0.25) is 0 Å². The number of guanidine groups is 1. The molecule has 0 aliphatic heterocycles. The number of hydrogen-bond acceptors (Lipinski definition) is 3. The van der Waals surface area contributed by atoms with Gasteiger partial charge in [-0.3, -0.25) is 4.99 Å². The average Bonchev–Trinajstić information content (AvgIpc) is 2.52. The van der Waals surface area contributed by atoms with Crippen LogP contribution in [0.2, 0.25) is 0 Å². The minimum Gasteiger partial charge on any atom is -0.383 e. The SMILES string of the molecule is CCCOC1(CN=C(NCC)NCCOC)CCCCC1.I. The number of halogens is 1. The first-order chi connectivity index (χ1) is 10.3. The predicted octanol–water partition coefficient (Wildman–Crippen LogP) is 2.94. The van der Waals surface area contributed by atoms with E-state index >= 15 is 0 Å². The summed E-state index contributed by atoms with van der Waals surface area (Å²) in [5.41, 5.74) is -0.0438. The maximum absolute atomic E-state index is 6.19. The number of nitrogens with one attached hydrogen (secondary N) is 2. The lowest BCUT2D eigenvalue weighted by molar-refractivity contribution is -0.0624. The first-order valence-corrected chi connectivity index (χ1v) is 8.41. The van der Waals surface area contributed by atoms with Gasteiger partial charge in [0.05, 0.1) is 18.8 Å². The van der Waals surface area contributed by atoms with Crippen molar-refractivity contribution in [2.24, 2.45) is 4.99 Å². The lowest BCUT2D eigenvalue weighted by atomic mass is 9.84. The summed E-state index contributed by atoms with van der Waals surface area (Å²) >= 11 is 0. The van der Waals surface area contributed by atoms with Crippen LogP contribution in [0.15, 0.2) is 4.99 Å². The minimum atomic E-state index is -0.0438. The summed E-state index contributed by atoms with van der Waals surface area (Å²) in [5.74, 6) is 0.861. The van der Waals surface area contributed by atoms with Crippen molar-refractivity contribution < 1.29 is 9.47 Å². The summed E-state index contributed by atoms with van der Waals surface area (Å²) in [6, 6.07) is 0. The molecule has 0 aromatic rings. The van der Waals surface area contributed by atoms with Crippen LogP contribution in [-0.2, 0) is 9.47 Å². The zero-order chi connectivity index (χ0) is 15.4. The highest BCUT2D eigenvalue weighted by Gasteiger charge is 2.32. The van der Waals surface area contributed by atoms with E-state index < -0.39 is 0 Å². The summed E-state index contributed by atoms with van der Waals surface area (Å²) in [6.07, 6.45) is 7.17. The van der Waals surface area contributed by atoms with Crippen molar-refractivity contribution in [2.45, 2.75) is 58.0 Å². The van der Waals surface area contributed by atoms with Crippen molar-refractivity contribution in [3.8, 4) is 0 Å². The Morgan fingerprint density at radius 3 is 2.41 bits per heavy atom. The first-order valence-electron chi connectivity index (χ1n) is 8.41. The lowest BCUT2D eigenvalue weighted by Crippen LogP contribution is -2.43. The standard InChI is InChI=1S/C16H33N3O2.HI/c1-4-12-21-16(9-7-6-8-10-16)14-19-15(17-5-2)18-11-13-20-3;/h4-14H2,1-3H3,(H2,17,18,19);1H. The van der Waals surface area contributed by atoms with Gasteiger partial charge in [-0.2, -0.15) is 0 Å². The van der Waals surface area contributed by atoms with Gasteiger partial charge >= 0.3 is 0 Å². The summed E-state index contributed by atoms with van der Waals surface area (Å²) in [7, 11) is 1.71. The number of ether oxygens (including phenoxy) is 2. The molecule has 0 saturated heterocycles. The Morgan fingerprint density at radius 1 is 1.09 bits per heavy atom. The molecule has 0 aromatic carbocycles. The van der Waals surface area contributed by atoms with Crippen LogP contribution < -0.4 is 10.6 Å². The molecule has 1 fully saturated rings. The summed E-state index contributed by atoms with van der Waals surface area (Å²) in [5, 5.41) is 6.57. The van der Waals surface area contributed by atoms with Crippen LogP contribution in [-0.4, -0.2) is 51.5 Å². The normalized spacial score (nSPS) is 17.7. The van der Waals surface area contributed by atoms with Crippen molar-refractivity contribution in [2.75, 3.05) is 40.0 Å². The van der Waals surface area contributed by atoms with E-state index in [1.807, 2.05) is 0 Å². The number of nitrogens with zero attached hydrogens (tertiary/aromatic N) is 1. The Kier molecular flexibility index (Phi) is 13.3. The highest BCUT2D eigenvalue weighted by atomic mass is 127. The van der Waals surface area contributed by atoms with Gasteiger partial charge in [0, 0.05) is 26.8 Å². The fourth-order valence-corrected chi connectivity index (χ4v) is 2.70. The van der Waals surface area contributed by atoms with E-state index in [9.17, 15) is 0 Å². The van der Waals surface area contributed by atoms with Gasteiger partial charge in [0.1, 0.15) is 0 Å². The van der Waals surface area contributed by atoms with Crippen molar-refractivity contribution >= 4 is 29.9 Å². The van der Waals surface area contributed by atoms with Crippen LogP contribution in [0.4, 0.5) is 0 Å². The van der Waals surface area contributed by atoms with Gasteiger partial charge in [0.15, 0.2) is 5.96 Å². The summed E-state index contributed by atoms with van der Waals surface area (Å²) < 4.78 is 11.3. The summed E-state index contributed by atoms with van der Waals surface area (Å²) in [4.78, 5) is 4.75. The molecule has 0 amide bonds. The van der Waals surface area contributed by atoms with E-state index in [2.05, 4.69) is 24.5 Å². The highest BCUT2D eigenvalue weighted by molar-refractivity contribution is 14.0. The molecule has 1 rings (SSSR count). The van der Waals surface area contributed by atoms with Crippen LogP contribution in [0.25, 0.3) is 0 Å². The topological polar surface area (TPSA) is 54.9 Å². The highest BCUT2D eigenvalue weighted by Crippen LogP contribution is 2.32. The second kappa shape index (κ2) is 13.4. The number of hydrogen-bond donors (Lipinski definition) is 2. The molecule has 6 heteroatoms. The van der Waals surface area contributed by atoms with Crippen LogP contribution in [0, 0.1) is 0 Å². The molecule has 5 nitrogen and oxygen atoms in total. The van der Waals surface area contributed by atoms with Gasteiger partial charge < -0.3 is 20.1 Å². The molecule has 1 aliphatic rings. The number of rotatable bonds is 9. The minimum absolute atomic E-state index is 0. The zero-order valence-corrected chi connectivity index (χ0v) is 16.8. The van der Waals surface area contributed by atoms with Crippen molar-refractivity contribution in [1.29, 1.82) is 0 Å². The molecule has 22 heavy (non-hydrogen) atoms. The Hall–Kier alpha value is -0.0800. The van der Waals surface area contributed by atoms with E-state index in [0.29, 0.717) is 6.61 Å². The quantitative estimate of drug-likeness (QED) is 0.257. The molecule has 0 aromatic heterocycles. The molecule has 0 unspecified atom stereocenters. The predicted molar refractivity (Wildman–Crippen MR) is 103 cm³/mol. The molecule has 1 aliphatic carbocycles. The smallest absolute Gasteiger partial charge is 0.191 e. The van der Waals surface area contributed by atoms with Crippen LogP contribution >= 0.6 is 24.0 Å². The number of methoxy groups -OCH3 is 1. The van der Waals surface area contributed by atoms with Gasteiger partial charge in [-0.1, -0.05) is 26.2 Å². The third-order valence-corrected chi connectivity index (χ3v) is 3.85. The Morgan fingerprint density at radius 2 is 1.82 bits per heavy atom. The zero-order valence-electron chi connectivity index (χ0n) is 14.5. The van der Waals surface area contributed by atoms with Gasteiger partial charge in [-0.05, 0) is 26.2 Å². The van der Waals surface area contributed by atoms with Crippen LogP contribution in [0.5, 0.6) is 0 Å². The second-order valence-corrected chi connectivity index (χ2v) is 5.71. The molecular weight excluding hydrogens is 393 g/mol. The molecule has 0 spiro atoms. The largest absolute Gasteiger partial charge is 0.383 e. The average molecular weight is 427 g/mol. The molecule has 1 saturated carbocycles. The van der Waals surface area contributed by atoms with E-state index in [1.54, 1.807) is 7.11 Å². The molecule has 0 heterocycles. The van der Waals surface area contributed by atoms with Crippen molar-refractivity contribution in [3.63, 3.8) is 0 Å². The monoisotopic (exact) mass is 427 g/mol. The molecule has 2 N–H and O–H groups in total. The first kappa shape index (κ1) is 21.9. The van der Waals surface area contributed by atoms with Crippen LogP contribution in [0.3, 0.4) is 0 Å². The van der Waals surface area contributed by atoms with Gasteiger partial charge in [-0.15, -0.1) is 24.0 Å². The lowest BCUT2D eigenvalue weighted by Gasteiger charge is -2.36. The maximum atomic E-state index is 6.19. The third kappa shape index (κ3) is 8.53. The maximum Gasteiger partial charge on any atom is 0.191 e.